The van der Waals surface area contributed by atoms with Crippen molar-refractivity contribution in [2.45, 2.75) is 24.8 Å². The highest BCUT2D eigenvalue weighted by atomic mass is 32.2. The Morgan fingerprint density at radius 2 is 2.30 bits per heavy atom. The van der Waals surface area contributed by atoms with Gasteiger partial charge in [0.2, 0.25) is 5.91 Å². The van der Waals surface area contributed by atoms with E-state index >= 15 is 0 Å². The van der Waals surface area contributed by atoms with E-state index in [9.17, 15) is 4.79 Å². The molecule has 1 aliphatic heterocycles. The van der Waals surface area contributed by atoms with Crippen LogP contribution in [0.3, 0.4) is 0 Å². The van der Waals surface area contributed by atoms with Crippen LogP contribution in [0.15, 0.2) is 24.3 Å². The van der Waals surface area contributed by atoms with Gasteiger partial charge in [0.05, 0.1) is 12.6 Å². The van der Waals surface area contributed by atoms with Crippen molar-refractivity contribution in [2.24, 2.45) is 0 Å². The fourth-order valence-corrected chi connectivity index (χ4v) is 3.44. The SMILES string of the molecule is COCCNC(=O)C(C)NC1CSCc2ccccc21. The molecule has 5 heteroatoms. The van der Waals surface area contributed by atoms with Crippen LogP contribution in [0.2, 0.25) is 0 Å². The van der Waals surface area contributed by atoms with E-state index in [2.05, 4.69) is 34.9 Å². The average molecular weight is 294 g/mol. The van der Waals surface area contributed by atoms with Gasteiger partial charge in [-0.25, -0.2) is 0 Å². The number of methoxy groups -OCH3 is 1. The molecule has 1 aliphatic rings. The molecule has 4 nitrogen and oxygen atoms in total. The zero-order valence-corrected chi connectivity index (χ0v) is 12.8. The van der Waals surface area contributed by atoms with Crippen LogP contribution < -0.4 is 10.6 Å². The number of hydrogen-bond donors (Lipinski definition) is 2. The summed E-state index contributed by atoms with van der Waals surface area (Å²) in [5.41, 5.74) is 2.69. The summed E-state index contributed by atoms with van der Waals surface area (Å²) in [6, 6.07) is 8.49. The molecule has 1 aromatic rings. The number of thioether (sulfide) groups is 1. The Balaban J connectivity index is 1.92. The third-order valence-corrected chi connectivity index (χ3v) is 4.51. The number of carbonyl (C=O) groups is 1. The van der Waals surface area contributed by atoms with Crippen LogP contribution in [0.25, 0.3) is 0 Å². The summed E-state index contributed by atoms with van der Waals surface area (Å²) >= 11 is 1.91. The molecule has 2 atom stereocenters. The smallest absolute Gasteiger partial charge is 0.236 e. The molecular weight excluding hydrogens is 272 g/mol. The zero-order valence-electron chi connectivity index (χ0n) is 12.0. The summed E-state index contributed by atoms with van der Waals surface area (Å²) in [4.78, 5) is 12.0. The first-order valence-electron chi connectivity index (χ1n) is 6.90. The Morgan fingerprint density at radius 3 is 3.10 bits per heavy atom. The highest BCUT2D eigenvalue weighted by molar-refractivity contribution is 7.98. The average Bonchev–Trinajstić information content (AvgIpc) is 2.47. The lowest BCUT2D eigenvalue weighted by Gasteiger charge is -2.28. The van der Waals surface area contributed by atoms with Gasteiger partial charge in [-0.1, -0.05) is 24.3 Å². The van der Waals surface area contributed by atoms with Crippen molar-refractivity contribution < 1.29 is 9.53 Å². The standard InChI is InChI=1S/C15H22N2O2S/c1-11(15(18)16-7-8-19-2)17-14-10-20-9-12-5-3-4-6-13(12)14/h3-6,11,14,17H,7-10H2,1-2H3,(H,16,18). The summed E-state index contributed by atoms with van der Waals surface area (Å²) in [5.74, 6) is 2.09. The molecule has 0 spiro atoms. The number of hydrogen-bond acceptors (Lipinski definition) is 4. The molecule has 20 heavy (non-hydrogen) atoms. The molecule has 2 rings (SSSR count). The normalized spacial score (nSPS) is 19.2. The van der Waals surface area contributed by atoms with Crippen LogP contribution in [0.5, 0.6) is 0 Å². The zero-order chi connectivity index (χ0) is 14.4. The first kappa shape index (κ1) is 15.4. The van der Waals surface area contributed by atoms with E-state index in [1.165, 1.54) is 11.1 Å². The number of carbonyl (C=O) groups excluding carboxylic acids is 1. The molecule has 0 saturated carbocycles. The molecule has 0 aliphatic carbocycles. The quantitative estimate of drug-likeness (QED) is 0.784. The third kappa shape index (κ3) is 3.98. The summed E-state index contributed by atoms with van der Waals surface area (Å²) < 4.78 is 4.93. The molecule has 2 unspecified atom stereocenters. The first-order valence-corrected chi connectivity index (χ1v) is 8.06. The predicted molar refractivity (Wildman–Crippen MR) is 82.8 cm³/mol. The monoisotopic (exact) mass is 294 g/mol. The Bertz CT molecular complexity index is 453. The summed E-state index contributed by atoms with van der Waals surface area (Å²) in [6.07, 6.45) is 0. The number of benzene rings is 1. The number of nitrogens with one attached hydrogen (secondary N) is 2. The molecule has 110 valence electrons. The lowest BCUT2D eigenvalue weighted by molar-refractivity contribution is -0.123. The Hall–Kier alpha value is -1.04. The van der Waals surface area contributed by atoms with E-state index < -0.39 is 0 Å². The lowest BCUT2D eigenvalue weighted by atomic mass is 10.0. The van der Waals surface area contributed by atoms with Gasteiger partial charge in [0.25, 0.3) is 0 Å². The highest BCUT2D eigenvalue weighted by Gasteiger charge is 2.23. The maximum atomic E-state index is 12.0. The van der Waals surface area contributed by atoms with Crippen molar-refractivity contribution in [1.29, 1.82) is 0 Å². The van der Waals surface area contributed by atoms with Crippen molar-refractivity contribution in [3.05, 3.63) is 35.4 Å². The summed E-state index contributed by atoms with van der Waals surface area (Å²) in [7, 11) is 1.63. The first-order chi connectivity index (χ1) is 9.72. The minimum atomic E-state index is -0.205. The van der Waals surface area contributed by atoms with Gasteiger partial charge in [-0.2, -0.15) is 11.8 Å². The van der Waals surface area contributed by atoms with Crippen molar-refractivity contribution in [1.82, 2.24) is 10.6 Å². The molecule has 1 heterocycles. The molecule has 0 radical (unpaired) electrons. The van der Waals surface area contributed by atoms with Gasteiger partial charge in [-0.05, 0) is 18.1 Å². The maximum Gasteiger partial charge on any atom is 0.236 e. The van der Waals surface area contributed by atoms with Gasteiger partial charge in [0.15, 0.2) is 0 Å². The predicted octanol–water partition coefficient (Wildman–Crippen LogP) is 1.72. The molecule has 0 fully saturated rings. The molecule has 0 aromatic heterocycles. The molecule has 0 saturated heterocycles. The van der Waals surface area contributed by atoms with Crippen LogP contribution in [-0.2, 0) is 15.3 Å². The number of fused-ring (bicyclic) bond motifs is 1. The van der Waals surface area contributed by atoms with Crippen molar-refractivity contribution >= 4 is 17.7 Å². The molecule has 0 bridgehead atoms. The molecule has 1 amide bonds. The van der Waals surface area contributed by atoms with Crippen LogP contribution >= 0.6 is 11.8 Å². The van der Waals surface area contributed by atoms with Gasteiger partial charge in [0, 0.05) is 31.2 Å². The number of amides is 1. The van der Waals surface area contributed by atoms with E-state index in [0.717, 1.165) is 11.5 Å². The Kier molecular flexibility index (Phi) is 5.88. The van der Waals surface area contributed by atoms with Crippen LogP contribution in [0, 0.1) is 0 Å². The highest BCUT2D eigenvalue weighted by Crippen LogP contribution is 2.31. The Labute approximate surface area is 124 Å². The van der Waals surface area contributed by atoms with Crippen LogP contribution in [-0.4, -0.2) is 38.0 Å². The van der Waals surface area contributed by atoms with Gasteiger partial charge in [-0.3, -0.25) is 10.1 Å². The van der Waals surface area contributed by atoms with E-state index in [1.54, 1.807) is 7.11 Å². The largest absolute Gasteiger partial charge is 0.383 e. The summed E-state index contributed by atoms with van der Waals surface area (Å²) in [5, 5.41) is 6.29. The number of rotatable bonds is 6. The van der Waals surface area contributed by atoms with Crippen molar-refractivity contribution in [3.63, 3.8) is 0 Å². The van der Waals surface area contributed by atoms with Gasteiger partial charge in [0.1, 0.15) is 0 Å². The van der Waals surface area contributed by atoms with E-state index in [0.29, 0.717) is 13.2 Å². The fraction of sp³-hybridized carbons (Fsp3) is 0.533. The number of ether oxygens (including phenoxy) is 1. The van der Waals surface area contributed by atoms with Gasteiger partial charge >= 0.3 is 0 Å². The molecule has 2 N–H and O–H groups in total. The minimum absolute atomic E-state index is 0.0232. The van der Waals surface area contributed by atoms with Crippen LogP contribution in [0.1, 0.15) is 24.1 Å². The van der Waals surface area contributed by atoms with E-state index in [-0.39, 0.29) is 18.0 Å². The lowest BCUT2D eigenvalue weighted by Crippen LogP contribution is -2.45. The second-order valence-electron chi connectivity index (χ2n) is 4.94. The van der Waals surface area contributed by atoms with Crippen molar-refractivity contribution in [2.75, 3.05) is 26.0 Å². The third-order valence-electron chi connectivity index (χ3n) is 3.42. The molecular formula is C15H22N2O2S. The Morgan fingerprint density at radius 1 is 1.50 bits per heavy atom. The second-order valence-corrected chi connectivity index (χ2v) is 5.97. The van der Waals surface area contributed by atoms with E-state index in [1.807, 2.05) is 18.7 Å². The topological polar surface area (TPSA) is 50.4 Å². The van der Waals surface area contributed by atoms with E-state index in [4.69, 9.17) is 4.74 Å². The fourth-order valence-electron chi connectivity index (χ4n) is 2.33. The van der Waals surface area contributed by atoms with Gasteiger partial charge in [-0.15, -0.1) is 0 Å². The molecule has 1 aromatic carbocycles. The second kappa shape index (κ2) is 7.67. The van der Waals surface area contributed by atoms with Gasteiger partial charge < -0.3 is 10.1 Å². The maximum absolute atomic E-state index is 12.0. The minimum Gasteiger partial charge on any atom is -0.383 e. The van der Waals surface area contributed by atoms with Crippen LogP contribution in [0.4, 0.5) is 0 Å². The summed E-state index contributed by atoms with van der Waals surface area (Å²) in [6.45, 7) is 3.00. The van der Waals surface area contributed by atoms with Crippen molar-refractivity contribution in [3.8, 4) is 0 Å².